The minimum atomic E-state index is -0.445. The number of rotatable bonds is 1. The van der Waals surface area contributed by atoms with E-state index in [1.165, 1.54) is 12.1 Å². The molecule has 1 atom stereocenters. The highest BCUT2D eigenvalue weighted by atomic mass is 35.5. The van der Waals surface area contributed by atoms with Crippen molar-refractivity contribution in [2.75, 3.05) is 16.8 Å². The van der Waals surface area contributed by atoms with Crippen molar-refractivity contribution in [1.29, 1.82) is 0 Å². The van der Waals surface area contributed by atoms with Gasteiger partial charge in [0, 0.05) is 12.7 Å². The molecule has 1 unspecified atom stereocenters. The monoisotopic (exact) mass is 305 g/mol. The summed E-state index contributed by atoms with van der Waals surface area (Å²) in [5, 5.41) is 0.343. The molecule has 0 saturated heterocycles. The van der Waals surface area contributed by atoms with Gasteiger partial charge in [-0.3, -0.25) is 4.79 Å². The molecule has 1 aromatic carbocycles. The number of carbonyl (C=O) groups excluding carboxylic acids is 1. The molecule has 6 heteroatoms. The van der Waals surface area contributed by atoms with Crippen LogP contribution in [0.4, 0.5) is 21.6 Å². The molecule has 3 rings (SSSR count). The van der Waals surface area contributed by atoms with Gasteiger partial charge >= 0.3 is 0 Å². The van der Waals surface area contributed by atoms with Crippen molar-refractivity contribution in [1.82, 2.24) is 4.98 Å². The molecule has 0 bridgehead atoms. The lowest BCUT2D eigenvalue weighted by Crippen LogP contribution is -2.49. The van der Waals surface area contributed by atoms with Crippen LogP contribution in [0.1, 0.15) is 6.92 Å². The summed E-state index contributed by atoms with van der Waals surface area (Å²) < 4.78 is 13.1. The molecule has 21 heavy (non-hydrogen) atoms. The first-order valence-corrected chi connectivity index (χ1v) is 6.86. The molecule has 0 N–H and O–H groups in total. The molecule has 0 aliphatic carbocycles. The molecule has 1 amide bonds. The van der Waals surface area contributed by atoms with Crippen LogP contribution in [0.15, 0.2) is 36.4 Å². The predicted molar refractivity (Wildman–Crippen MR) is 80.7 cm³/mol. The number of carbonyl (C=O) groups is 1. The number of pyridine rings is 1. The number of nitrogens with zero attached hydrogens (tertiary/aromatic N) is 3. The van der Waals surface area contributed by atoms with Crippen molar-refractivity contribution in [3.63, 3.8) is 0 Å². The lowest BCUT2D eigenvalue weighted by Gasteiger charge is -2.39. The van der Waals surface area contributed by atoms with E-state index in [2.05, 4.69) is 4.98 Å². The topological polar surface area (TPSA) is 36.4 Å². The minimum absolute atomic E-state index is 0.0593. The molecule has 1 aromatic heterocycles. The van der Waals surface area contributed by atoms with Crippen molar-refractivity contribution in [2.24, 2.45) is 0 Å². The first kappa shape index (κ1) is 13.8. The molecule has 108 valence electrons. The zero-order chi connectivity index (χ0) is 15.1. The van der Waals surface area contributed by atoms with Crippen molar-refractivity contribution in [3.05, 3.63) is 47.4 Å². The molecular formula is C15H13ClFN3O. The van der Waals surface area contributed by atoms with Crippen LogP contribution in [-0.4, -0.2) is 24.0 Å². The van der Waals surface area contributed by atoms with Gasteiger partial charge in [0.15, 0.2) is 5.82 Å². The van der Waals surface area contributed by atoms with Gasteiger partial charge in [0.1, 0.15) is 17.0 Å². The quantitative estimate of drug-likeness (QED) is 0.758. The third-order valence-corrected chi connectivity index (χ3v) is 3.80. The average Bonchev–Trinajstić information content (AvgIpc) is 2.47. The first-order valence-electron chi connectivity index (χ1n) is 6.48. The summed E-state index contributed by atoms with van der Waals surface area (Å²) in [6, 6.07) is 8.91. The van der Waals surface area contributed by atoms with Crippen molar-refractivity contribution in [3.8, 4) is 0 Å². The highest BCUT2D eigenvalue weighted by molar-refractivity contribution is 6.29. The molecule has 2 heterocycles. The maximum absolute atomic E-state index is 13.1. The number of benzene rings is 1. The molecule has 1 aliphatic rings. The van der Waals surface area contributed by atoms with Crippen LogP contribution in [0.2, 0.25) is 5.15 Å². The van der Waals surface area contributed by atoms with E-state index in [1.54, 1.807) is 48.0 Å². The lowest BCUT2D eigenvalue weighted by atomic mass is 10.1. The van der Waals surface area contributed by atoms with Gasteiger partial charge in [-0.1, -0.05) is 11.6 Å². The van der Waals surface area contributed by atoms with Gasteiger partial charge in [0.05, 0.1) is 5.69 Å². The Morgan fingerprint density at radius 2 is 1.86 bits per heavy atom. The molecule has 0 saturated carbocycles. The number of aromatic nitrogens is 1. The second-order valence-corrected chi connectivity index (χ2v) is 5.28. The Kier molecular flexibility index (Phi) is 3.29. The number of amides is 1. The molecule has 1 aliphatic heterocycles. The maximum atomic E-state index is 13.1. The van der Waals surface area contributed by atoms with E-state index in [4.69, 9.17) is 11.6 Å². The van der Waals surface area contributed by atoms with Crippen LogP contribution in [0, 0.1) is 5.82 Å². The van der Waals surface area contributed by atoms with Crippen LogP contribution < -0.4 is 9.80 Å². The number of likely N-dealkylation sites (N-methyl/N-ethyl adjacent to an activating group) is 1. The Bertz CT molecular complexity index is 705. The minimum Gasteiger partial charge on any atom is -0.312 e. The largest absolute Gasteiger partial charge is 0.312 e. The number of fused-ring (bicyclic) bond motifs is 1. The van der Waals surface area contributed by atoms with Crippen molar-refractivity contribution < 1.29 is 9.18 Å². The number of hydrogen-bond acceptors (Lipinski definition) is 3. The standard InChI is InChI=1S/C15H13ClFN3O/c1-9-15(21)19(2)12-7-8-13(16)18-14(12)20(9)11-5-3-10(17)4-6-11/h3-9H,1-2H3. The average molecular weight is 306 g/mol. The second kappa shape index (κ2) is 5.00. The molecule has 0 spiro atoms. The molecule has 0 fully saturated rings. The van der Waals surface area contributed by atoms with Gasteiger partial charge in [0.2, 0.25) is 5.91 Å². The van der Waals surface area contributed by atoms with Gasteiger partial charge in [-0.2, -0.15) is 0 Å². The van der Waals surface area contributed by atoms with E-state index < -0.39 is 6.04 Å². The summed E-state index contributed by atoms with van der Waals surface area (Å²) >= 11 is 5.99. The Hall–Kier alpha value is -2.14. The maximum Gasteiger partial charge on any atom is 0.249 e. The fourth-order valence-electron chi connectivity index (χ4n) is 2.50. The van der Waals surface area contributed by atoms with E-state index in [1.807, 2.05) is 0 Å². The first-order chi connectivity index (χ1) is 9.99. The van der Waals surface area contributed by atoms with Crippen molar-refractivity contribution >= 4 is 34.7 Å². The second-order valence-electron chi connectivity index (χ2n) is 4.90. The van der Waals surface area contributed by atoms with E-state index in [0.717, 1.165) is 0 Å². The summed E-state index contributed by atoms with van der Waals surface area (Å²) in [5.41, 5.74) is 1.37. The summed E-state index contributed by atoms with van der Waals surface area (Å²) in [6.07, 6.45) is 0. The Morgan fingerprint density at radius 3 is 2.52 bits per heavy atom. The molecular weight excluding hydrogens is 293 g/mol. The van der Waals surface area contributed by atoms with Crippen LogP contribution in [-0.2, 0) is 4.79 Å². The third-order valence-electron chi connectivity index (χ3n) is 3.59. The SMILES string of the molecule is CC1C(=O)N(C)c2ccc(Cl)nc2N1c1ccc(F)cc1. The van der Waals surface area contributed by atoms with Crippen LogP contribution >= 0.6 is 11.6 Å². The third kappa shape index (κ3) is 2.23. The van der Waals surface area contributed by atoms with E-state index in [-0.39, 0.29) is 11.7 Å². The number of anilines is 3. The van der Waals surface area contributed by atoms with Gasteiger partial charge in [-0.05, 0) is 43.3 Å². The zero-order valence-corrected chi connectivity index (χ0v) is 12.3. The van der Waals surface area contributed by atoms with Crippen LogP contribution in [0.3, 0.4) is 0 Å². The summed E-state index contributed by atoms with van der Waals surface area (Å²) in [7, 11) is 1.70. The predicted octanol–water partition coefficient (Wildman–Crippen LogP) is 3.38. The highest BCUT2D eigenvalue weighted by Gasteiger charge is 2.35. The van der Waals surface area contributed by atoms with Gasteiger partial charge in [0.25, 0.3) is 0 Å². The molecule has 0 radical (unpaired) electrons. The normalized spacial score (nSPS) is 17.9. The van der Waals surface area contributed by atoms with E-state index in [9.17, 15) is 9.18 Å². The summed E-state index contributed by atoms with van der Waals surface area (Å²) in [5.74, 6) is 0.200. The van der Waals surface area contributed by atoms with Gasteiger partial charge in [-0.15, -0.1) is 0 Å². The number of hydrogen-bond donors (Lipinski definition) is 0. The van der Waals surface area contributed by atoms with Gasteiger partial charge < -0.3 is 9.80 Å². The fraction of sp³-hybridized carbons (Fsp3) is 0.200. The molecule has 2 aromatic rings. The summed E-state index contributed by atoms with van der Waals surface area (Å²) in [4.78, 5) is 20.0. The molecule has 4 nitrogen and oxygen atoms in total. The lowest BCUT2D eigenvalue weighted by molar-refractivity contribution is -0.119. The summed E-state index contributed by atoms with van der Waals surface area (Å²) in [6.45, 7) is 1.79. The Balaban J connectivity index is 2.19. The van der Waals surface area contributed by atoms with E-state index in [0.29, 0.717) is 22.3 Å². The van der Waals surface area contributed by atoms with Crippen molar-refractivity contribution in [2.45, 2.75) is 13.0 Å². The zero-order valence-electron chi connectivity index (χ0n) is 11.5. The van der Waals surface area contributed by atoms with Crippen LogP contribution in [0.5, 0.6) is 0 Å². The Morgan fingerprint density at radius 1 is 1.19 bits per heavy atom. The Labute approximate surface area is 126 Å². The number of halogens is 2. The highest BCUT2D eigenvalue weighted by Crippen LogP contribution is 2.39. The van der Waals surface area contributed by atoms with Gasteiger partial charge in [-0.25, -0.2) is 9.37 Å². The smallest absolute Gasteiger partial charge is 0.249 e. The fourth-order valence-corrected chi connectivity index (χ4v) is 2.64. The van der Waals surface area contributed by atoms with E-state index >= 15 is 0 Å². The van der Waals surface area contributed by atoms with Crippen LogP contribution in [0.25, 0.3) is 0 Å².